The molecule has 0 unspecified atom stereocenters. The van der Waals surface area contributed by atoms with Crippen molar-refractivity contribution in [3.05, 3.63) is 22.3 Å². The van der Waals surface area contributed by atoms with Gasteiger partial charge in [0.05, 0.1) is 12.2 Å². The van der Waals surface area contributed by atoms with Crippen molar-refractivity contribution in [1.29, 1.82) is 0 Å². The molecule has 0 saturated heterocycles. The molecule has 0 atom stereocenters. The first kappa shape index (κ1) is 14.0. The lowest BCUT2D eigenvalue weighted by atomic mass is 10.3. The Kier molecular flexibility index (Phi) is 5.41. The highest BCUT2D eigenvalue weighted by atomic mass is 79.9. The number of rotatable bonds is 5. The number of nitrogens with zero attached hydrogens (tertiary/aromatic N) is 2. The number of halogens is 1. The van der Waals surface area contributed by atoms with Gasteiger partial charge >= 0.3 is 0 Å². The minimum Gasteiger partial charge on any atom is -0.355 e. The van der Waals surface area contributed by atoms with Crippen LogP contribution in [0, 0.1) is 6.92 Å². The van der Waals surface area contributed by atoms with Crippen LogP contribution in [0.15, 0.2) is 16.6 Å². The number of likely N-dealkylation sites (N-methyl/N-ethyl adjacent to an activating group) is 1. The average molecular weight is 300 g/mol. The van der Waals surface area contributed by atoms with Crippen molar-refractivity contribution in [3.63, 3.8) is 0 Å². The Hall–Kier alpha value is -1.10. The van der Waals surface area contributed by atoms with E-state index in [1.165, 1.54) is 0 Å². The van der Waals surface area contributed by atoms with Crippen LogP contribution in [0.25, 0.3) is 0 Å². The molecule has 1 aromatic heterocycles. The van der Waals surface area contributed by atoms with Gasteiger partial charge in [-0.15, -0.1) is 0 Å². The van der Waals surface area contributed by atoms with Gasteiger partial charge in [-0.05, 0) is 41.4 Å². The van der Waals surface area contributed by atoms with E-state index in [9.17, 15) is 4.79 Å². The summed E-state index contributed by atoms with van der Waals surface area (Å²) in [5.74, 6) is 0.828. The van der Waals surface area contributed by atoms with Crippen LogP contribution in [0.1, 0.15) is 19.0 Å². The number of pyridine rings is 1. The van der Waals surface area contributed by atoms with Crippen molar-refractivity contribution in [1.82, 2.24) is 10.3 Å². The molecule has 5 heteroatoms. The molecule has 0 radical (unpaired) electrons. The zero-order valence-corrected chi connectivity index (χ0v) is 12.0. The van der Waals surface area contributed by atoms with Crippen LogP contribution < -0.4 is 10.2 Å². The second-order valence-corrected chi connectivity index (χ2v) is 4.80. The molecule has 0 aliphatic carbocycles. The third-order valence-corrected chi connectivity index (χ3v) is 3.19. The molecule has 0 aromatic carbocycles. The third-order valence-electron chi connectivity index (χ3n) is 2.35. The van der Waals surface area contributed by atoms with Crippen LogP contribution in [-0.4, -0.2) is 31.0 Å². The number of hydrogen-bond donors (Lipinski definition) is 1. The predicted molar refractivity (Wildman–Crippen MR) is 73.2 cm³/mol. The molecule has 0 saturated carbocycles. The minimum absolute atomic E-state index is 0.0247. The summed E-state index contributed by atoms with van der Waals surface area (Å²) in [5.41, 5.74) is 0.920. The van der Waals surface area contributed by atoms with E-state index in [4.69, 9.17) is 0 Å². The monoisotopic (exact) mass is 299 g/mol. The maximum atomic E-state index is 11.5. The second kappa shape index (κ2) is 6.59. The molecule has 17 heavy (non-hydrogen) atoms. The van der Waals surface area contributed by atoms with Gasteiger partial charge in [-0.25, -0.2) is 4.98 Å². The Morgan fingerprint density at radius 1 is 1.53 bits per heavy atom. The lowest BCUT2D eigenvalue weighted by molar-refractivity contribution is -0.119. The van der Waals surface area contributed by atoms with Crippen molar-refractivity contribution in [2.45, 2.75) is 20.3 Å². The van der Waals surface area contributed by atoms with Gasteiger partial charge in [0.1, 0.15) is 5.82 Å². The molecule has 1 N–H and O–H groups in total. The maximum Gasteiger partial charge on any atom is 0.239 e. The van der Waals surface area contributed by atoms with E-state index in [0.29, 0.717) is 6.54 Å². The third kappa shape index (κ3) is 4.34. The zero-order chi connectivity index (χ0) is 12.8. The van der Waals surface area contributed by atoms with Crippen LogP contribution in [0.5, 0.6) is 0 Å². The summed E-state index contributed by atoms with van der Waals surface area (Å²) in [6, 6.07) is 3.84. The molecule has 0 aliphatic rings. The minimum atomic E-state index is 0.0247. The summed E-state index contributed by atoms with van der Waals surface area (Å²) in [4.78, 5) is 17.8. The van der Waals surface area contributed by atoms with Gasteiger partial charge < -0.3 is 10.2 Å². The molecule has 1 aromatic rings. The Balaban J connectivity index is 2.60. The molecule has 1 amide bonds. The van der Waals surface area contributed by atoms with Gasteiger partial charge in [0.25, 0.3) is 0 Å². The number of nitrogens with one attached hydrogen (secondary N) is 1. The van der Waals surface area contributed by atoms with E-state index in [1.807, 2.05) is 37.9 Å². The fourth-order valence-corrected chi connectivity index (χ4v) is 1.58. The first-order valence-corrected chi connectivity index (χ1v) is 6.45. The number of aromatic nitrogens is 1. The summed E-state index contributed by atoms with van der Waals surface area (Å²) >= 11 is 3.40. The topological polar surface area (TPSA) is 45.2 Å². The number of hydrogen-bond acceptors (Lipinski definition) is 3. The van der Waals surface area contributed by atoms with Gasteiger partial charge in [0.2, 0.25) is 5.91 Å². The molecule has 0 spiro atoms. The molecular weight excluding hydrogens is 282 g/mol. The average Bonchev–Trinajstić information content (AvgIpc) is 2.30. The number of aryl methyl sites for hydroxylation is 1. The fraction of sp³-hybridized carbons (Fsp3) is 0.500. The Morgan fingerprint density at radius 3 is 2.82 bits per heavy atom. The van der Waals surface area contributed by atoms with Gasteiger partial charge in [-0.3, -0.25) is 4.79 Å². The zero-order valence-electron chi connectivity index (χ0n) is 10.5. The number of amides is 1. The molecular formula is C12H18BrN3O. The van der Waals surface area contributed by atoms with E-state index in [1.54, 1.807) is 0 Å². The number of carbonyl (C=O) groups is 1. The van der Waals surface area contributed by atoms with Crippen molar-refractivity contribution in [2.75, 3.05) is 25.0 Å². The smallest absolute Gasteiger partial charge is 0.239 e. The first-order valence-electron chi connectivity index (χ1n) is 5.65. The van der Waals surface area contributed by atoms with Crippen molar-refractivity contribution < 1.29 is 4.79 Å². The van der Waals surface area contributed by atoms with Gasteiger partial charge in [-0.2, -0.15) is 0 Å². The number of anilines is 1. The van der Waals surface area contributed by atoms with Crippen LogP contribution in [0.3, 0.4) is 0 Å². The van der Waals surface area contributed by atoms with Gasteiger partial charge in [-0.1, -0.05) is 6.92 Å². The quantitative estimate of drug-likeness (QED) is 0.906. The molecule has 1 heterocycles. The molecule has 0 bridgehead atoms. The highest BCUT2D eigenvalue weighted by molar-refractivity contribution is 9.10. The predicted octanol–water partition coefficient (Wildman–Crippen LogP) is 2.11. The van der Waals surface area contributed by atoms with Gasteiger partial charge in [0, 0.05) is 18.1 Å². The van der Waals surface area contributed by atoms with Crippen molar-refractivity contribution >= 4 is 27.7 Å². The number of carbonyl (C=O) groups excluding carboxylic acids is 1. The van der Waals surface area contributed by atoms with Crippen LogP contribution in [0.2, 0.25) is 0 Å². The highest BCUT2D eigenvalue weighted by Crippen LogP contribution is 2.17. The normalized spacial score (nSPS) is 10.1. The summed E-state index contributed by atoms with van der Waals surface area (Å²) in [6.45, 7) is 5.01. The fourth-order valence-electron chi connectivity index (χ4n) is 1.36. The Labute approximate surface area is 111 Å². The standard InChI is InChI=1S/C12H18BrN3O/c1-4-7-14-12(17)8-16(3)11-6-5-10(13)9(2)15-11/h5-6H,4,7-8H2,1-3H3,(H,14,17). The molecule has 94 valence electrons. The van der Waals surface area contributed by atoms with Crippen LogP contribution in [-0.2, 0) is 4.79 Å². The first-order chi connectivity index (χ1) is 8.04. The van der Waals surface area contributed by atoms with Crippen LogP contribution >= 0.6 is 15.9 Å². The van der Waals surface area contributed by atoms with Crippen molar-refractivity contribution in [2.24, 2.45) is 0 Å². The molecule has 4 nitrogen and oxygen atoms in total. The Bertz CT molecular complexity index is 395. The molecule has 0 fully saturated rings. The van der Waals surface area contributed by atoms with Gasteiger partial charge in [0.15, 0.2) is 0 Å². The van der Waals surface area contributed by atoms with E-state index >= 15 is 0 Å². The maximum absolute atomic E-state index is 11.5. The lowest BCUT2D eigenvalue weighted by Gasteiger charge is -2.18. The summed E-state index contributed by atoms with van der Waals surface area (Å²) in [5, 5.41) is 2.84. The SMILES string of the molecule is CCCNC(=O)CN(C)c1ccc(Br)c(C)n1. The lowest BCUT2D eigenvalue weighted by Crippen LogP contribution is -2.35. The van der Waals surface area contributed by atoms with E-state index < -0.39 is 0 Å². The molecule has 0 aliphatic heterocycles. The second-order valence-electron chi connectivity index (χ2n) is 3.94. The summed E-state index contributed by atoms with van der Waals surface area (Å²) < 4.78 is 0.977. The van der Waals surface area contributed by atoms with E-state index in [0.717, 1.165) is 29.0 Å². The van der Waals surface area contributed by atoms with E-state index in [-0.39, 0.29) is 5.91 Å². The molecule has 1 rings (SSSR count). The highest BCUT2D eigenvalue weighted by Gasteiger charge is 2.08. The summed E-state index contributed by atoms with van der Waals surface area (Å²) in [7, 11) is 1.86. The summed E-state index contributed by atoms with van der Waals surface area (Å²) in [6.07, 6.45) is 0.950. The van der Waals surface area contributed by atoms with Crippen molar-refractivity contribution in [3.8, 4) is 0 Å². The Morgan fingerprint density at radius 2 is 2.24 bits per heavy atom. The largest absolute Gasteiger partial charge is 0.355 e. The van der Waals surface area contributed by atoms with E-state index in [2.05, 4.69) is 26.2 Å². The van der Waals surface area contributed by atoms with Crippen LogP contribution in [0.4, 0.5) is 5.82 Å².